The van der Waals surface area contributed by atoms with Gasteiger partial charge in [-0.15, -0.1) is 0 Å². The van der Waals surface area contributed by atoms with Crippen molar-refractivity contribution < 1.29 is 14.5 Å². The summed E-state index contributed by atoms with van der Waals surface area (Å²) in [5, 5.41) is 10.4. The number of para-hydroxylation sites is 1. The third-order valence-corrected chi connectivity index (χ3v) is 1.47. The van der Waals surface area contributed by atoms with Crippen LogP contribution in [0.2, 0.25) is 0 Å². The predicted molar refractivity (Wildman–Crippen MR) is 43.5 cm³/mol. The third-order valence-electron chi connectivity index (χ3n) is 1.47. The highest BCUT2D eigenvalue weighted by atomic mass is 16.6. The van der Waals surface area contributed by atoms with Crippen LogP contribution >= 0.6 is 0 Å². The number of Topliss-reactive ketones (excluding diaryl/α,β-unsaturated/α-hetero) is 1. The number of nitrogens with zero attached hydrogens (tertiary/aromatic N) is 1. The van der Waals surface area contributed by atoms with Crippen molar-refractivity contribution >= 4 is 17.8 Å². The van der Waals surface area contributed by atoms with E-state index >= 15 is 0 Å². The summed E-state index contributed by atoms with van der Waals surface area (Å²) in [7, 11) is 0. The molecule has 0 aliphatic rings. The second-order valence-electron chi connectivity index (χ2n) is 2.26. The highest BCUT2D eigenvalue weighted by molar-refractivity contribution is 6.34. The number of aldehydes is 1. The molecule has 0 N–H and O–H groups in total. The number of ketones is 1. The van der Waals surface area contributed by atoms with Gasteiger partial charge in [0, 0.05) is 6.07 Å². The van der Waals surface area contributed by atoms with Gasteiger partial charge in [0.25, 0.3) is 5.69 Å². The zero-order valence-electron chi connectivity index (χ0n) is 6.47. The average Bonchev–Trinajstić information content (AvgIpc) is 2.16. The first-order valence-electron chi connectivity index (χ1n) is 3.39. The number of benzene rings is 1. The van der Waals surface area contributed by atoms with E-state index in [1.807, 2.05) is 0 Å². The molecule has 0 saturated heterocycles. The largest absolute Gasteiger partial charge is 0.294 e. The maximum Gasteiger partial charge on any atom is 0.280 e. The lowest BCUT2D eigenvalue weighted by Gasteiger charge is -1.95. The molecule has 0 spiro atoms. The van der Waals surface area contributed by atoms with Crippen molar-refractivity contribution in [1.29, 1.82) is 0 Å². The van der Waals surface area contributed by atoms with E-state index < -0.39 is 10.7 Å². The summed E-state index contributed by atoms with van der Waals surface area (Å²) in [4.78, 5) is 30.7. The Balaban J connectivity index is 3.27. The molecule has 0 heterocycles. The second-order valence-corrected chi connectivity index (χ2v) is 2.26. The van der Waals surface area contributed by atoms with Gasteiger partial charge in [0.2, 0.25) is 5.78 Å². The van der Waals surface area contributed by atoms with Crippen LogP contribution in [0.5, 0.6) is 0 Å². The Bertz CT molecular complexity index is 372. The lowest BCUT2D eigenvalue weighted by molar-refractivity contribution is -0.385. The van der Waals surface area contributed by atoms with Gasteiger partial charge in [-0.2, -0.15) is 0 Å². The summed E-state index contributed by atoms with van der Waals surface area (Å²) >= 11 is 0. The maximum absolute atomic E-state index is 10.9. The monoisotopic (exact) mass is 179 g/mol. The molecule has 1 aromatic carbocycles. The standard InChI is InChI=1S/C8H5NO4/c10-5-8(11)6-3-1-2-4-7(6)9(12)13/h1-5H. The van der Waals surface area contributed by atoms with Crippen LogP contribution in [0.25, 0.3) is 0 Å². The van der Waals surface area contributed by atoms with Crippen molar-refractivity contribution in [3.8, 4) is 0 Å². The van der Waals surface area contributed by atoms with E-state index in [0.29, 0.717) is 0 Å². The van der Waals surface area contributed by atoms with Gasteiger partial charge in [0.15, 0.2) is 6.29 Å². The highest BCUT2D eigenvalue weighted by Gasteiger charge is 2.17. The molecule has 66 valence electrons. The zero-order valence-corrected chi connectivity index (χ0v) is 6.47. The molecule has 5 heteroatoms. The Morgan fingerprint density at radius 2 is 2.00 bits per heavy atom. The van der Waals surface area contributed by atoms with Crippen LogP contribution in [0.15, 0.2) is 24.3 Å². The van der Waals surface area contributed by atoms with Crippen LogP contribution in [0, 0.1) is 10.1 Å². The molecule has 5 nitrogen and oxygen atoms in total. The van der Waals surface area contributed by atoms with Gasteiger partial charge in [0.1, 0.15) is 5.56 Å². The van der Waals surface area contributed by atoms with Crippen LogP contribution < -0.4 is 0 Å². The van der Waals surface area contributed by atoms with Gasteiger partial charge < -0.3 is 0 Å². The van der Waals surface area contributed by atoms with E-state index in [-0.39, 0.29) is 17.5 Å². The van der Waals surface area contributed by atoms with Crippen molar-refractivity contribution in [2.75, 3.05) is 0 Å². The molecule has 0 aliphatic heterocycles. The average molecular weight is 179 g/mol. The topological polar surface area (TPSA) is 77.3 Å². The fraction of sp³-hybridized carbons (Fsp3) is 0. The van der Waals surface area contributed by atoms with Crippen molar-refractivity contribution in [2.24, 2.45) is 0 Å². The maximum atomic E-state index is 10.9. The fourth-order valence-electron chi connectivity index (χ4n) is 0.905. The first kappa shape index (κ1) is 9.05. The summed E-state index contributed by atoms with van der Waals surface area (Å²) in [6.07, 6.45) is 0.0579. The molecule has 0 amide bonds. The lowest BCUT2D eigenvalue weighted by atomic mass is 10.1. The summed E-state index contributed by atoms with van der Waals surface area (Å²) in [5.74, 6) is -0.882. The third kappa shape index (κ3) is 1.76. The van der Waals surface area contributed by atoms with E-state index in [4.69, 9.17) is 0 Å². The summed E-state index contributed by atoms with van der Waals surface area (Å²) in [6.45, 7) is 0. The van der Waals surface area contributed by atoms with E-state index in [2.05, 4.69) is 0 Å². The quantitative estimate of drug-likeness (QED) is 0.228. The Kier molecular flexibility index (Phi) is 2.49. The first-order valence-corrected chi connectivity index (χ1v) is 3.39. The molecule has 0 aliphatic carbocycles. The van der Waals surface area contributed by atoms with E-state index in [1.54, 1.807) is 0 Å². The second kappa shape index (κ2) is 3.57. The van der Waals surface area contributed by atoms with Gasteiger partial charge in [-0.25, -0.2) is 0 Å². The number of nitro groups is 1. The number of hydrogen-bond donors (Lipinski definition) is 0. The highest BCUT2D eigenvalue weighted by Crippen LogP contribution is 2.17. The van der Waals surface area contributed by atoms with Crippen molar-refractivity contribution in [1.82, 2.24) is 0 Å². The number of carbonyl (C=O) groups is 2. The van der Waals surface area contributed by atoms with Crippen molar-refractivity contribution in [3.05, 3.63) is 39.9 Å². The molecule has 0 bridgehead atoms. The summed E-state index contributed by atoms with van der Waals surface area (Å²) in [6, 6.07) is 5.31. The first-order chi connectivity index (χ1) is 6.16. The molecule has 1 rings (SSSR count). The molecule has 0 aromatic heterocycles. The Morgan fingerprint density at radius 3 is 2.54 bits per heavy atom. The Hall–Kier alpha value is -2.04. The molecule has 0 unspecified atom stereocenters. The Labute approximate surface area is 73.1 Å². The van der Waals surface area contributed by atoms with Crippen LogP contribution in [0.1, 0.15) is 10.4 Å². The van der Waals surface area contributed by atoms with Crippen molar-refractivity contribution in [2.45, 2.75) is 0 Å². The predicted octanol–water partition coefficient (Wildman–Crippen LogP) is 0.976. The molecular formula is C8H5NO4. The summed E-state index contributed by atoms with van der Waals surface area (Å²) < 4.78 is 0. The SMILES string of the molecule is O=CC(=O)c1ccccc1[N+](=O)[O-]. The molecule has 0 radical (unpaired) electrons. The Morgan fingerprint density at radius 1 is 1.38 bits per heavy atom. The lowest BCUT2D eigenvalue weighted by Crippen LogP contribution is -2.04. The van der Waals surface area contributed by atoms with Gasteiger partial charge >= 0.3 is 0 Å². The smallest absolute Gasteiger partial charge is 0.280 e. The molecular weight excluding hydrogens is 174 g/mol. The van der Waals surface area contributed by atoms with Gasteiger partial charge in [-0.1, -0.05) is 12.1 Å². The van der Waals surface area contributed by atoms with E-state index in [0.717, 1.165) is 0 Å². The van der Waals surface area contributed by atoms with Gasteiger partial charge in [-0.3, -0.25) is 19.7 Å². The molecule has 13 heavy (non-hydrogen) atoms. The summed E-state index contributed by atoms with van der Waals surface area (Å²) in [5.41, 5.74) is -0.526. The number of nitro benzene ring substituents is 1. The molecule has 0 fully saturated rings. The molecule has 0 atom stereocenters. The zero-order chi connectivity index (χ0) is 9.84. The van der Waals surface area contributed by atoms with Gasteiger partial charge in [-0.05, 0) is 6.07 Å². The number of rotatable bonds is 3. The van der Waals surface area contributed by atoms with Crippen LogP contribution in [-0.2, 0) is 4.79 Å². The van der Waals surface area contributed by atoms with E-state index in [1.165, 1.54) is 24.3 Å². The minimum Gasteiger partial charge on any atom is -0.294 e. The number of hydrogen-bond acceptors (Lipinski definition) is 4. The molecule has 1 aromatic rings. The van der Waals surface area contributed by atoms with E-state index in [9.17, 15) is 19.7 Å². The van der Waals surface area contributed by atoms with Crippen LogP contribution in [-0.4, -0.2) is 17.0 Å². The minimum atomic E-state index is -0.882. The van der Waals surface area contributed by atoms with Gasteiger partial charge in [0.05, 0.1) is 4.92 Å². The fourth-order valence-corrected chi connectivity index (χ4v) is 0.905. The minimum absolute atomic E-state index is 0.0579. The normalized spacial score (nSPS) is 9.23. The van der Waals surface area contributed by atoms with Crippen molar-refractivity contribution in [3.63, 3.8) is 0 Å². The number of carbonyl (C=O) groups excluding carboxylic acids is 2. The van der Waals surface area contributed by atoms with Crippen LogP contribution in [0.3, 0.4) is 0 Å². The van der Waals surface area contributed by atoms with Crippen LogP contribution in [0.4, 0.5) is 5.69 Å². The molecule has 0 saturated carbocycles.